The van der Waals surface area contributed by atoms with Gasteiger partial charge in [0.25, 0.3) is 10.0 Å². The van der Waals surface area contributed by atoms with Crippen LogP contribution in [0.1, 0.15) is 36.0 Å². The van der Waals surface area contributed by atoms with Gasteiger partial charge in [0.2, 0.25) is 0 Å². The predicted octanol–water partition coefficient (Wildman–Crippen LogP) is 2.47. The SMILES string of the molecule is Cc1cc(C)c(S(=O)(=O)N(CCCCN)OCCCN)c(C)c1.Cl.Cl. The zero-order valence-corrected chi connectivity index (χ0v) is 17.6. The van der Waals surface area contributed by atoms with E-state index in [-0.39, 0.29) is 38.0 Å². The van der Waals surface area contributed by atoms with E-state index in [1.165, 1.54) is 0 Å². The molecule has 0 aliphatic heterocycles. The maximum Gasteiger partial charge on any atom is 0.265 e. The Bertz CT molecular complexity index is 580. The molecule has 0 aliphatic carbocycles. The summed E-state index contributed by atoms with van der Waals surface area (Å²) in [5.41, 5.74) is 13.5. The van der Waals surface area contributed by atoms with Crippen molar-refractivity contribution >= 4 is 34.8 Å². The summed E-state index contributed by atoms with van der Waals surface area (Å²) in [7, 11) is -3.71. The number of benzene rings is 1. The molecule has 0 radical (unpaired) electrons. The van der Waals surface area contributed by atoms with E-state index in [9.17, 15) is 8.42 Å². The van der Waals surface area contributed by atoms with Gasteiger partial charge in [0.05, 0.1) is 11.5 Å². The summed E-state index contributed by atoms with van der Waals surface area (Å²) in [6.45, 7) is 7.13. The second-order valence-corrected chi connectivity index (χ2v) is 7.50. The molecule has 0 atom stereocenters. The molecule has 0 fully saturated rings. The molecule has 0 saturated carbocycles. The minimum Gasteiger partial charge on any atom is -0.330 e. The maximum absolute atomic E-state index is 13.0. The van der Waals surface area contributed by atoms with E-state index in [0.717, 1.165) is 27.6 Å². The molecular weight excluding hydrogens is 385 g/mol. The molecule has 9 heteroatoms. The van der Waals surface area contributed by atoms with Gasteiger partial charge >= 0.3 is 0 Å². The third kappa shape index (κ3) is 7.78. The first kappa shape index (κ1) is 26.8. The van der Waals surface area contributed by atoms with E-state index >= 15 is 0 Å². The van der Waals surface area contributed by atoms with Crippen LogP contribution in [-0.4, -0.2) is 39.1 Å². The van der Waals surface area contributed by atoms with Gasteiger partial charge in [-0.05, 0) is 64.3 Å². The van der Waals surface area contributed by atoms with Gasteiger partial charge in [0, 0.05) is 6.54 Å². The number of hydrogen-bond acceptors (Lipinski definition) is 5. The smallest absolute Gasteiger partial charge is 0.265 e. The highest BCUT2D eigenvalue weighted by molar-refractivity contribution is 7.89. The van der Waals surface area contributed by atoms with Gasteiger partial charge in [-0.2, -0.15) is 0 Å². The number of aryl methyl sites for hydroxylation is 3. The van der Waals surface area contributed by atoms with E-state index in [4.69, 9.17) is 16.3 Å². The normalized spacial score (nSPS) is 11.1. The quantitative estimate of drug-likeness (QED) is 0.451. The number of unbranched alkanes of at least 4 members (excludes halogenated alkanes) is 1. The molecule has 0 aliphatic rings. The molecule has 0 heterocycles. The van der Waals surface area contributed by atoms with Gasteiger partial charge in [-0.25, -0.2) is 8.42 Å². The molecule has 0 amide bonds. The van der Waals surface area contributed by atoms with Crippen LogP contribution in [0.2, 0.25) is 0 Å². The Kier molecular flexibility index (Phi) is 13.8. The molecule has 0 aromatic heterocycles. The molecule has 148 valence electrons. The van der Waals surface area contributed by atoms with Crippen molar-refractivity contribution in [1.82, 2.24) is 4.47 Å². The Balaban J connectivity index is 0. The van der Waals surface area contributed by atoms with Crippen LogP contribution >= 0.6 is 24.8 Å². The maximum atomic E-state index is 13.0. The summed E-state index contributed by atoms with van der Waals surface area (Å²) in [4.78, 5) is 5.84. The van der Waals surface area contributed by atoms with Gasteiger partial charge in [-0.15, -0.1) is 24.8 Å². The fraction of sp³-hybridized carbons (Fsp3) is 0.625. The first-order valence-corrected chi connectivity index (χ1v) is 9.42. The van der Waals surface area contributed by atoms with Crippen LogP contribution in [0.5, 0.6) is 0 Å². The minimum absolute atomic E-state index is 0. The zero-order valence-electron chi connectivity index (χ0n) is 15.2. The van der Waals surface area contributed by atoms with Gasteiger partial charge in [0.15, 0.2) is 0 Å². The second-order valence-electron chi connectivity index (χ2n) is 5.73. The van der Waals surface area contributed by atoms with Crippen LogP contribution < -0.4 is 11.5 Å². The third-order valence-corrected chi connectivity index (χ3v) is 5.49. The first-order valence-electron chi connectivity index (χ1n) is 7.98. The number of sulfonamides is 1. The highest BCUT2D eigenvalue weighted by Crippen LogP contribution is 2.25. The number of nitrogens with two attached hydrogens (primary N) is 2. The monoisotopic (exact) mass is 415 g/mol. The number of hydroxylamine groups is 1. The van der Waals surface area contributed by atoms with Crippen molar-refractivity contribution in [2.75, 3.05) is 26.2 Å². The van der Waals surface area contributed by atoms with Crippen molar-refractivity contribution in [3.8, 4) is 0 Å². The molecule has 0 saturated heterocycles. The highest BCUT2D eigenvalue weighted by Gasteiger charge is 2.28. The van der Waals surface area contributed by atoms with Crippen LogP contribution in [0.15, 0.2) is 17.0 Å². The topological polar surface area (TPSA) is 98.7 Å². The van der Waals surface area contributed by atoms with Crippen molar-refractivity contribution in [3.63, 3.8) is 0 Å². The first-order chi connectivity index (χ1) is 10.8. The fourth-order valence-electron chi connectivity index (χ4n) is 2.56. The lowest BCUT2D eigenvalue weighted by atomic mass is 10.1. The lowest BCUT2D eigenvalue weighted by molar-refractivity contribution is -0.0852. The molecule has 1 aromatic rings. The summed E-state index contributed by atoms with van der Waals surface area (Å²) < 4.78 is 27.1. The zero-order chi connectivity index (χ0) is 17.5. The molecule has 0 bridgehead atoms. The fourth-order valence-corrected chi connectivity index (χ4v) is 4.28. The Morgan fingerprint density at radius 2 is 1.48 bits per heavy atom. The summed E-state index contributed by atoms with van der Waals surface area (Å²) in [6, 6.07) is 3.75. The molecular formula is C16H31Cl2N3O3S. The van der Waals surface area contributed by atoms with E-state index in [1.54, 1.807) is 0 Å². The van der Waals surface area contributed by atoms with Gasteiger partial charge < -0.3 is 11.5 Å². The van der Waals surface area contributed by atoms with E-state index in [0.29, 0.717) is 30.8 Å². The molecule has 1 aromatic carbocycles. The Labute approximate surface area is 164 Å². The summed E-state index contributed by atoms with van der Waals surface area (Å²) in [6.07, 6.45) is 2.01. The van der Waals surface area contributed by atoms with E-state index in [2.05, 4.69) is 0 Å². The molecule has 25 heavy (non-hydrogen) atoms. The average Bonchev–Trinajstić information content (AvgIpc) is 2.44. The third-order valence-electron chi connectivity index (χ3n) is 3.51. The summed E-state index contributed by atoms with van der Waals surface area (Å²) >= 11 is 0. The van der Waals surface area contributed by atoms with Crippen LogP contribution in [0, 0.1) is 20.8 Å². The minimum atomic E-state index is -3.71. The Morgan fingerprint density at radius 3 is 1.96 bits per heavy atom. The lowest BCUT2D eigenvalue weighted by Crippen LogP contribution is -2.34. The number of nitrogens with zero attached hydrogens (tertiary/aromatic N) is 1. The van der Waals surface area contributed by atoms with Crippen molar-refractivity contribution in [1.29, 1.82) is 0 Å². The highest BCUT2D eigenvalue weighted by atomic mass is 35.5. The summed E-state index contributed by atoms with van der Waals surface area (Å²) in [5, 5.41) is 0. The predicted molar refractivity (Wildman–Crippen MR) is 107 cm³/mol. The van der Waals surface area contributed by atoms with Crippen molar-refractivity contribution in [3.05, 3.63) is 28.8 Å². The van der Waals surface area contributed by atoms with E-state index in [1.807, 2.05) is 32.9 Å². The van der Waals surface area contributed by atoms with Crippen LogP contribution in [0.25, 0.3) is 0 Å². The van der Waals surface area contributed by atoms with Gasteiger partial charge in [0.1, 0.15) is 0 Å². The van der Waals surface area contributed by atoms with Crippen molar-refractivity contribution < 1.29 is 13.3 Å². The van der Waals surface area contributed by atoms with Gasteiger partial charge in [-0.1, -0.05) is 22.2 Å². The van der Waals surface area contributed by atoms with E-state index < -0.39 is 10.0 Å². The van der Waals surface area contributed by atoms with Crippen molar-refractivity contribution in [2.45, 2.75) is 44.9 Å². The molecule has 0 spiro atoms. The number of hydrogen-bond donors (Lipinski definition) is 2. The van der Waals surface area contributed by atoms with Crippen molar-refractivity contribution in [2.24, 2.45) is 11.5 Å². The number of rotatable bonds is 10. The molecule has 4 N–H and O–H groups in total. The molecule has 1 rings (SSSR count). The summed E-state index contributed by atoms with van der Waals surface area (Å²) in [5.74, 6) is 0. The Morgan fingerprint density at radius 1 is 0.960 bits per heavy atom. The lowest BCUT2D eigenvalue weighted by Gasteiger charge is -2.23. The Hall–Kier alpha value is -0.410. The standard InChI is InChI=1S/C16H29N3O3S.2ClH/c1-13-11-14(2)16(15(3)12-13)23(20,21)19(9-5-4-7-17)22-10-6-8-18;;/h11-12H,4-10,17-18H2,1-3H3;2*1H. The van der Waals surface area contributed by atoms with Crippen LogP contribution in [0.3, 0.4) is 0 Å². The van der Waals surface area contributed by atoms with Gasteiger partial charge in [-0.3, -0.25) is 4.84 Å². The van der Waals surface area contributed by atoms with Crippen LogP contribution in [-0.2, 0) is 14.9 Å². The molecule has 0 unspecified atom stereocenters. The second kappa shape index (κ2) is 12.9. The van der Waals surface area contributed by atoms with Crippen LogP contribution in [0.4, 0.5) is 0 Å². The average molecular weight is 416 g/mol. The largest absolute Gasteiger partial charge is 0.330 e. The molecule has 6 nitrogen and oxygen atoms in total. The number of halogens is 2.